The summed E-state index contributed by atoms with van der Waals surface area (Å²) in [6.45, 7) is 2.58. The van der Waals surface area contributed by atoms with Gasteiger partial charge in [0.1, 0.15) is 0 Å². The highest BCUT2D eigenvalue weighted by Gasteiger charge is 2.35. The van der Waals surface area contributed by atoms with Gasteiger partial charge in [-0.1, -0.05) is 0 Å². The molecule has 7 heteroatoms. The number of aryl methyl sites for hydroxylation is 1. The standard InChI is InChI=1S/C9H13F3N2OS/c1-6-7(5-13-3-2-4-15)16-8(14-6)9(10,11)12/h13,15H,2-5H2,1H3. The third-order valence-electron chi connectivity index (χ3n) is 1.93. The van der Waals surface area contributed by atoms with E-state index >= 15 is 0 Å². The number of nitrogens with one attached hydrogen (secondary N) is 1. The number of thiazole rings is 1. The maximum absolute atomic E-state index is 12.3. The minimum atomic E-state index is -4.36. The number of nitrogens with zero attached hydrogens (tertiary/aromatic N) is 1. The van der Waals surface area contributed by atoms with Crippen LogP contribution in [0.5, 0.6) is 0 Å². The quantitative estimate of drug-likeness (QED) is 0.789. The summed E-state index contributed by atoms with van der Waals surface area (Å²) in [5.41, 5.74) is 0.411. The Morgan fingerprint density at radius 1 is 1.44 bits per heavy atom. The largest absolute Gasteiger partial charge is 0.443 e. The van der Waals surface area contributed by atoms with Crippen LogP contribution in [0.4, 0.5) is 13.2 Å². The summed E-state index contributed by atoms with van der Waals surface area (Å²) < 4.78 is 37.0. The number of hydrogen-bond acceptors (Lipinski definition) is 4. The molecule has 0 fully saturated rings. The van der Waals surface area contributed by atoms with Crippen molar-refractivity contribution in [3.05, 3.63) is 15.6 Å². The minimum Gasteiger partial charge on any atom is -0.396 e. The van der Waals surface area contributed by atoms with E-state index < -0.39 is 11.2 Å². The first kappa shape index (κ1) is 13.4. The molecular weight excluding hydrogens is 241 g/mol. The average molecular weight is 254 g/mol. The van der Waals surface area contributed by atoms with E-state index in [0.29, 0.717) is 41.4 Å². The third kappa shape index (κ3) is 3.73. The molecule has 1 heterocycles. The molecule has 0 aromatic carbocycles. The molecule has 0 radical (unpaired) electrons. The van der Waals surface area contributed by atoms with Gasteiger partial charge in [0.25, 0.3) is 0 Å². The van der Waals surface area contributed by atoms with Gasteiger partial charge in [-0.3, -0.25) is 0 Å². The van der Waals surface area contributed by atoms with Crippen LogP contribution in [-0.2, 0) is 12.7 Å². The lowest BCUT2D eigenvalue weighted by atomic mass is 10.4. The Hall–Kier alpha value is -0.660. The number of aliphatic hydroxyl groups excluding tert-OH is 1. The van der Waals surface area contributed by atoms with Gasteiger partial charge in [0.05, 0.1) is 5.69 Å². The van der Waals surface area contributed by atoms with Crippen LogP contribution in [0.2, 0.25) is 0 Å². The zero-order valence-electron chi connectivity index (χ0n) is 8.76. The van der Waals surface area contributed by atoms with E-state index in [1.165, 1.54) is 0 Å². The van der Waals surface area contributed by atoms with Crippen molar-refractivity contribution < 1.29 is 18.3 Å². The Labute approximate surface area is 95.3 Å². The van der Waals surface area contributed by atoms with Gasteiger partial charge in [-0.05, 0) is 19.9 Å². The van der Waals surface area contributed by atoms with Crippen LogP contribution in [0.25, 0.3) is 0 Å². The molecule has 3 nitrogen and oxygen atoms in total. The summed E-state index contributed by atoms with van der Waals surface area (Å²) in [4.78, 5) is 4.07. The second-order valence-electron chi connectivity index (χ2n) is 3.28. The van der Waals surface area contributed by atoms with Crippen LogP contribution in [0.3, 0.4) is 0 Å². The molecule has 0 unspecified atom stereocenters. The lowest BCUT2D eigenvalue weighted by Crippen LogP contribution is -2.15. The predicted molar refractivity (Wildman–Crippen MR) is 55.3 cm³/mol. The van der Waals surface area contributed by atoms with Crippen molar-refractivity contribution in [2.45, 2.75) is 26.1 Å². The van der Waals surface area contributed by atoms with Crippen LogP contribution >= 0.6 is 11.3 Å². The van der Waals surface area contributed by atoms with Gasteiger partial charge in [-0.25, -0.2) is 4.98 Å². The molecule has 0 saturated carbocycles. The highest BCUT2D eigenvalue weighted by atomic mass is 32.1. The predicted octanol–water partition coefficient (Wildman–Crippen LogP) is 1.94. The van der Waals surface area contributed by atoms with Crippen LogP contribution in [0.1, 0.15) is 22.0 Å². The van der Waals surface area contributed by atoms with Gasteiger partial charge in [0.2, 0.25) is 0 Å². The summed E-state index contributed by atoms with van der Waals surface area (Å²) in [7, 11) is 0. The highest BCUT2D eigenvalue weighted by Crippen LogP contribution is 2.33. The van der Waals surface area contributed by atoms with Crippen LogP contribution < -0.4 is 5.32 Å². The van der Waals surface area contributed by atoms with E-state index in [2.05, 4.69) is 10.3 Å². The molecule has 0 bridgehead atoms. The number of halogens is 3. The van der Waals surface area contributed by atoms with E-state index in [4.69, 9.17) is 5.11 Å². The van der Waals surface area contributed by atoms with Gasteiger partial charge in [0, 0.05) is 18.0 Å². The Kier molecular flexibility index (Phi) is 4.69. The number of rotatable bonds is 5. The highest BCUT2D eigenvalue weighted by molar-refractivity contribution is 7.11. The monoisotopic (exact) mass is 254 g/mol. The first-order chi connectivity index (χ1) is 7.45. The van der Waals surface area contributed by atoms with Gasteiger partial charge in [-0.15, -0.1) is 11.3 Å². The van der Waals surface area contributed by atoms with Gasteiger partial charge >= 0.3 is 6.18 Å². The van der Waals surface area contributed by atoms with Crippen LogP contribution in [-0.4, -0.2) is 23.2 Å². The number of alkyl halides is 3. The van der Waals surface area contributed by atoms with Gasteiger partial charge < -0.3 is 10.4 Å². The molecule has 2 N–H and O–H groups in total. The van der Waals surface area contributed by atoms with Crippen molar-refractivity contribution >= 4 is 11.3 Å². The molecule has 1 aromatic rings. The Balaban J connectivity index is 2.57. The van der Waals surface area contributed by atoms with Crippen molar-refractivity contribution in [1.29, 1.82) is 0 Å². The Bertz CT molecular complexity index is 338. The SMILES string of the molecule is Cc1nc(C(F)(F)F)sc1CNCCCO. The van der Waals surface area contributed by atoms with Gasteiger partial charge in [-0.2, -0.15) is 13.2 Å². The second-order valence-corrected chi connectivity index (χ2v) is 4.36. The summed E-state index contributed by atoms with van der Waals surface area (Å²) in [6, 6.07) is 0. The summed E-state index contributed by atoms with van der Waals surface area (Å²) in [6.07, 6.45) is -3.78. The van der Waals surface area contributed by atoms with E-state index in [9.17, 15) is 13.2 Å². The molecule has 1 aromatic heterocycles. The van der Waals surface area contributed by atoms with Crippen molar-refractivity contribution in [2.24, 2.45) is 0 Å². The van der Waals surface area contributed by atoms with Crippen LogP contribution in [0, 0.1) is 6.92 Å². The Morgan fingerprint density at radius 3 is 2.62 bits per heavy atom. The molecular formula is C9H13F3N2OS. The molecule has 1 rings (SSSR count). The molecule has 0 amide bonds. The van der Waals surface area contributed by atoms with E-state index in [0.717, 1.165) is 0 Å². The lowest BCUT2D eigenvalue weighted by Gasteiger charge is -2.01. The topological polar surface area (TPSA) is 45.2 Å². The Morgan fingerprint density at radius 2 is 2.12 bits per heavy atom. The number of aliphatic hydroxyl groups is 1. The van der Waals surface area contributed by atoms with Gasteiger partial charge in [0.15, 0.2) is 5.01 Å². The summed E-state index contributed by atoms with van der Waals surface area (Å²) in [5.74, 6) is 0. The molecule has 0 spiro atoms. The zero-order valence-corrected chi connectivity index (χ0v) is 9.58. The normalized spacial score (nSPS) is 12.1. The molecule has 0 atom stereocenters. The van der Waals surface area contributed by atoms with Crippen molar-refractivity contribution in [1.82, 2.24) is 10.3 Å². The summed E-state index contributed by atoms with van der Waals surface area (Å²) >= 11 is 0.663. The van der Waals surface area contributed by atoms with Crippen molar-refractivity contribution in [3.8, 4) is 0 Å². The van der Waals surface area contributed by atoms with Crippen molar-refractivity contribution in [3.63, 3.8) is 0 Å². The van der Waals surface area contributed by atoms with Crippen molar-refractivity contribution in [2.75, 3.05) is 13.2 Å². The average Bonchev–Trinajstić information content (AvgIpc) is 2.55. The fraction of sp³-hybridized carbons (Fsp3) is 0.667. The fourth-order valence-corrected chi connectivity index (χ4v) is 2.02. The fourth-order valence-electron chi connectivity index (χ4n) is 1.12. The molecule has 0 aliphatic rings. The smallest absolute Gasteiger partial charge is 0.396 e. The second kappa shape index (κ2) is 5.60. The molecule has 0 aliphatic carbocycles. The van der Waals surface area contributed by atoms with E-state index in [-0.39, 0.29) is 6.61 Å². The number of hydrogen-bond donors (Lipinski definition) is 2. The van der Waals surface area contributed by atoms with Crippen LogP contribution in [0.15, 0.2) is 0 Å². The first-order valence-electron chi connectivity index (χ1n) is 4.80. The lowest BCUT2D eigenvalue weighted by molar-refractivity contribution is -0.137. The minimum absolute atomic E-state index is 0.0719. The first-order valence-corrected chi connectivity index (χ1v) is 5.62. The van der Waals surface area contributed by atoms with E-state index in [1.54, 1.807) is 6.92 Å². The molecule has 0 saturated heterocycles. The maximum atomic E-state index is 12.3. The zero-order chi connectivity index (χ0) is 12.2. The number of aromatic nitrogens is 1. The maximum Gasteiger partial charge on any atom is 0.443 e. The van der Waals surface area contributed by atoms with E-state index in [1.807, 2.05) is 0 Å². The molecule has 92 valence electrons. The summed E-state index contributed by atoms with van der Waals surface area (Å²) in [5, 5.41) is 10.7. The third-order valence-corrected chi connectivity index (χ3v) is 3.13. The molecule has 0 aliphatic heterocycles. The molecule has 16 heavy (non-hydrogen) atoms.